The molecule has 0 aromatic heterocycles. The third-order valence-corrected chi connectivity index (χ3v) is 4.22. The summed E-state index contributed by atoms with van der Waals surface area (Å²) in [5.41, 5.74) is 3.55. The third-order valence-electron chi connectivity index (χ3n) is 3.81. The molecule has 0 aliphatic heterocycles. The van der Waals surface area contributed by atoms with Crippen LogP contribution < -0.4 is 5.32 Å². The molecule has 0 aliphatic rings. The van der Waals surface area contributed by atoms with Crippen molar-refractivity contribution in [2.75, 3.05) is 5.32 Å². The molecule has 112 valence electrons. The summed E-state index contributed by atoms with van der Waals surface area (Å²) in [6, 6.07) is 17.2. The predicted molar refractivity (Wildman–Crippen MR) is 93.1 cm³/mol. The summed E-state index contributed by atoms with van der Waals surface area (Å²) in [5, 5.41) is 4.46. The van der Waals surface area contributed by atoms with E-state index in [0.29, 0.717) is 6.04 Å². The van der Waals surface area contributed by atoms with Crippen molar-refractivity contribution in [3.8, 4) is 0 Å². The molecule has 1 atom stereocenters. The van der Waals surface area contributed by atoms with Gasteiger partial charge in [-0.15, -0.1) is 0 Å². The van der Waals surface area contributed by atoms with Gasteiger partial charge >= 0.3 is 0 Å². The molecule has 1 unspecified atom stereocenters. The third kappa shape index (κ3) is 4.78. The minimum Gasteiger partial charge on any atom is -0.378 e. The van der Waals surface area contributed by atoms with Gasteiger partial charge in [0.1, 0.15) is 0 Å². The van der Waals surface area contributed by atoms with Crippen LogP contribution in [-0.2, 0) is 0 Å². The molecule has 0 radical (unpaired) electrons. The highest BCUT2D eigenvalue weighted by atomic mass is 35.5. The highest BCUT2D eigenvalue weighted by molar-refractivity contribution is 6.31. The van der Waals surface area contributed by atoms with Gasteiger partial charge in [0, 0.05) is 10.7 Å². The first-order valence-electron chi connectivity index (χ1n) is 7.78. The Morgan fingerprint density at radius 2 is 1.81 bits per heavy atom. The fourth-order valence-electron chi connectivity index (χ4n) is 2.49. The van der Waals surface area contributed by atoms with Crippen LogP contribution >= 0.6 is 11.6 Å². The molecule has 21 heavy (non-hydrogen) atoms. The van der Waals surface area contributed by atoms with Gasteiger partial charge in [0.05, 0.1) is 6.04 Å². The molecular formula is C19H24ClN. The molecule has 1 nitrogen and oxygen atoms in total. The number of unbranched alkanes of at least 4 members (excludes halogenated alkanes) is 2. The Morgan fingerprint density at radius 3 is 2.48 bits per heavy atom. The number of halogens is 1. The quantitative estimate of drug-likeness (QED) is 0.585. The summed E-state index contributed by atoms with van der Waals surface area (Å²) in [6.45, 7) is 4.27. The lowest BCUT2D eigenvalue weighted by Gasteiger charge is -2.21. The van der Waals surface area contributed by atoms with E-state index in [0.717, 1.165) is 22.7 Å². The van der Waals surface area contributed by atoms with E-state index in [9.17, 15) is 0 Å². The molecule has 0 heterocycles. The van der Waals surface area contributed by atoms with E-state index in [1.807, 2.05) is 13.0 Å². The van der Waals surface area contributed by atoms with Crippen LogP contribution in [0.25, 0.3) is 0 Å². The first-order chi connectivity index (χ1) is 10.2. The summed E-state index contributed by atoms with van der Waals surface area (Å²) in [4.78, 5) is 0. The van der Waals surface area contributed by atoms with E-state index >= 15 is 0 Å². The molecule has 2 rings (SSSR count). The molecule has 0 saturated heterocycles. The molecule has 0 fully saturated rings. The number of anilines is 1. The van der Waals surface area contributed by atoms with Gasteiger partial charge in [0.2, 0.25) is 0 Å². The zero-order valence-corrected chi connectivity index (χ0v) is 13.7. The maximum absolute atomic E-state index is 6.23. The average molecular weight is 302 g/mol. The van der Waals surface area contributed by atoms with Gasteiger partial charge in [-0.1, -0.05) is 74.2 Å². The molecule has 0 amide bonds. The lowest BCUT2D eigenvalue weighted by atomic mass is 10.00. The Balaban J connectivity index is 2.13. The van der Waals surface area contributed by atoms with Gasteiger partial charge < -0.3 is 5.32 Å². The van der Waals surface area contributed by atoms with Crippen LogP contribution in [0.5, 0.6) is 0 Å². The minimum absolute atomic E-state index is 0.344. The smallest absolute Gasteiger partial charge is 0.0513 e. The summed E-state index contributed by atoms with van der Waals surface area (Å²) in [7, 11) is 0. The van der Waals surface area contributed by atoms with Crippen molar-refractivity contribution < 1.29 is 0 Å². The standard InChI is InChI=1S/C19H24ClN/c1-3-4-6-11-19(16-9-7-5-8-10-16)21-17-13-12-15(2)18(20)14-17/h5,7-10,12-14,19,21H,3-4,6,11H2,1-2H3. The van der Waals surface area contributed by atoms with Crippen molar-refractivity contribution in [3.05, 3.63) is 64.7 Å². The summed E-state index contributed by atoms with van der Waals surface area (Å²) < 4.78 is 0. The largest absolute Gasteiger partial charge is 0.378 e. The highest BCUT2D eigenvalue weighted by Crippen LogP contribution is 2.27. The van der Waals surface area contributed by atoms with Crippen LogP contribution in [0.4, 0.5) is 5.69 Å². The van der Waals surface area contributed by atoms with E-state index in [2.05, 4.69) is 54.7 Å². The molecule has 1 N–H and O–H groups in total. The van der Waals surface area contributed by atoms with Crippen molar-refractivity contribution in [3.63, 3.8) is 0 Å². The fraction of sp³-hybridized carbons (Fsp3) is 0.368. The molecule has 0 saturated carbocycles. The second kappa shape index (κ2) is 8.09. The zero-order chi connectivity index (χ0) is 15.1. The van der Waals surface area contributed by atoms with Gasteiger partial charge in [-0.3, -0.25) is 0 Å². The van der Waals surface area contributed by atoms with Crippen molar-refractivity contribution in [1.29, 1.82) is 0 Å². The van der Waals surface area contributed by atoms with Gasteiger partial charge in [-0.05, 0) is 36.6 Å². The second-order valence-corrected chi connectivity index (χ2v) is 5.97. The number of hydrogen-bond donors (Lipinski definition) is 1. The maximum atomic E-state index is 6.23. The van der Waals surface area contributed by atoms with E-state index in [4.69, 9.17) is 11.6 Å². The summed E-state index contributed by atoms with van der Waals surface area (Å²) in [5.74, 6) is 0. The molecule has 2 aromatic carbocycles. The molecule has 0 bridgehead atoms. The zero-order valence-electron chi connectivity index (χ0n) is 12.9. The van der Waals surface area contributed by atoms with Crippen molar-refractivity contribution in [2.24, 2.45) is 0 Å². The van der Waals surface area contributed by atoms with Crippen LogP contribution in [-0.4, -0.2) is 0 Å². The number of rotatable bonds is 7. The first kappa shape index (κ1) is 15.9. The van der Waals surface area contributed by atoms with Crippen LogP contribution in [0.2, 0.25) is 5.02 Å². The first-order valence-corrected chi connectivity index (χ1v) is 8.16. The number of hydrogen-bond acceptors (Lipinski definition) is 1. The monoisotopic (exact) mass is 301 g/mol. The maximum Gasteiger partial charge on any atom is 0.0513 e. The van der Waals surface area contributed by atoms with Crippen molar-refractivity contribution in [2.45, 2.75) is 45.6 Å². The van der Waals surface area contributed by atoms with Crippen molar-refractivity contribution in [1.82, 2.24) is 0 Å². The molecule has 0 aliphatic carbocycles. The molecule has 2 heteroatoms. The van der Waals surface area contributed by atoms with Crippen molar-refractivity contribution >= 4 is 17.3 Å². The average Bonchev–Trinajstić information content (AvgIpc) is 2.51. The van der Waals surface area contributed by atoms with E-state index in [1.54, 1.807) is 0 Å². The Bertz CT molecular complexity index is 551. The Hall–Kier alpha value is -1.47. The lowest BCUT2D eigenvalue weighted by molar-refractivity contribution is 0.606. The predicted octanol–water partition coefficient (Wildman–Crippen LogP) is 6.38. The van der Waals surface area contributed by atoms with E-state index < -0.39 is 0 Å². The van der Waals surface area contributed by atoms with E-state index in [1.165, 1.54) is 24.8 Å². The van der Waals surface area contributed by atoms with Gasteiger partial charge in [-0.25, -0.2) is 0 Å². The Labute approximate surface area is 133 Å². The minimum atomic E-state index is 0.344. The highest BCUT2D eigenvalue weighted by Gasteiger charge is 2.11. The van der Waals surface area contributed by atoms with Crippen LogP contribution in [0, 0.1) is 6.92 Å². The topological polar surface area (TPSA) is 12.0 Å². The fourth-order valence-corrected chi connectivity index (χ4v) is 2.67. The normalized spacial score (nSPS) is 12.1. The Kier molecular flexibility index (Phi) is 6.13. The van der Waals surface area contributed by atoms with Crippen LogP contribution in [0.3, 0.4) is 0 Å². The lowest BCUT2D eigenvalue weighted by Crippen LogP contribution is -2.10. The molecule has 2 aromatic rings. The second-order valence-electron chi connectivity index (χ2n) is 5.57. The van der Waals surface area contributed by atoms with Gasteiger partial charge in [0.15, 0.2) is 0 Å². The Morgan fingerprint density at radius 1 is 1.05 bits per heavy atom. The van der Waals surface area contributed by atoms with Crippen LogP contribution in [0.15, 0.2) is 48.5 Å². The number of benzene rings is 2. The van der Waals surface area contributed by atoms with Crippen LogP contribution in [0.1, 0.15) is 49.8 Å². The van der Waals surface area contributed by atoms with Gasteiger partial charge in [0.25, 0.3) is 0 Å². The SMILES string of the molecule is CCCCCC(Nc1ccc(C)c(Cl)c1)c1ccccc1. The summed E-state index contributed by atoms with van der Waals surface area (Å²) >= 11 is 6.23. The van der Waals surface area contributed by atoms with E-state index in [-0.39, 0.29) is 0 Å². The number of nitrogens with one attached hydrogen (secondary N) is 1. The van der Waals surface area contributed by atoms with Gasteiger partial charge in [-0.2, -0.15) is 0 Å². The summed E-state index contributed by atoms with van der Waals surface area (Å²) in [6.07, 6.45) is 4.91. The molecular weight excluding hydrogens is 278 g/mol. The number of aryl methyl sites for hydroxylation is 1. The molecule has 0 spiro atoms.